The molecule has 2 aromatic heterocycles. The molecule has 0 N–H and O–H groups in total. The minimum Gasteiger partial charge on any atom is -0.383 e. The molecule has 3 aromatic rings. The predicted octanol–water partition coefficient (Wildman–Crippen LogP) is 3.17. The molecule has 0 bridgehead atoms. The third kappa shape index (κ3) is 5.26. The summed E-state index contributed by atoms with van der Waals surface area (Å²) in [5.41, 5.74) is 1.85. The summed E-state index contributed by atoms with van der Waals surface area (Å²) in [6.07, 6.45) is 4.19. The summed E-state index contributed by atoms with van der Waals surface area (Å²) in [6.45, 7) is 5.22. The Morgan fingerprint density at radius 2 is 2.03 bits per heavy atom. The van der Waals surface area contributed by atoms with Crippen molar-refractivity contribution in [2.45, 2.75) is 32.2 Å². The quantitative estimate of drug-likeness (QED) is 0.563. The molecular formula is C23H29N5O2S. The fraction of sp³-hybridized carbons (Fsp3) is 0.478. The van der Waals surface area contributed by atoms with E-state index in [0.29, 0.717) is 12.5 Å². The lowest BCUT2D eigenvalue weighted by molar-refractivity contribution is -0.132. The number of amides is 1. The molecule has 1 fully saturated rings. The lowest BCUT2D eigenvalue weighted by atomic mass is 10.0. The molecule has 31 heavy (non-hydrogen) atoms. The summed E-state index contributed by atoms with van der Waals surface area (Å²) in [6, 6.07) is 8.73. The standard InChI is InChI=1S/C23H29N5O2S/c1-16-25-26-23(31-16)17-4-5-18-15-24-20(13-19(18)12-17)14-22(29)28-8-6-21(7-9-28)27(2)10-11-30-3/h4-5,12-13,15,21H,6-11,14H2,1-3H3. The van der Waals surface area contributed by atoms with Crippen molar-refractivity contribution in [3.05, 3.63) is 41.2 Å². The fourth-order valence-electron chi connectivity index (χ4n) is 4.07. The second-order valence-corrected chi connectivity index (χ2v) is 9.31. The largest absolute Gasteiger partial charge is 0.383 e. The Morgan fingerprint density at radius 3 is 2.74 bits per heavy atom. The van der Waals surface area contributed by atoms with Crippen molar-refractivity contribution in [2.24, 2.45) is 0 Å². The number of likely N-dealkylation sites (tertiary alicyclic amines) is 1. The first-order valence-electron chi connectivity index (χ1n) is 10.7. The van der Waals surface area contributed by atoms with E-state index in [-0.39, 0.29) is 5.91 Å². The maximum absolute atomic E-state index is 12.9. The zero-order chi connectivity index (χ0) is 21.8. The number of carbonyl (C=O) groups excluding carboxylic acids is 1. The van der Waals surface area contributed by atoms with E-state index in [4.69, 9.17) is 4.74 Å². The lowest BCUT2D eigenvalue weighted by Gasteiger charge is -2.36. The number of ether oxygens (including phenoxy) is 1. The number of hydrogen-bond acceptors (Lipinski definition) is 7. The van der Waals surface area contributed by atoms with Gasteiger partial charge in [0.15, 0.2) is 0 Å². The number of methoxy groups -OCH3 is 1. The predicted molar refractivity (Wildman–Crippen MR) is 123 cm³/mol. The van der Waals surface area contributed by atoms with Gasteiger partial charge in [-0.05, 0) is 44.3 Å². The molecule has 8 heteroatoms. The Kier molecular flexibility index (Phi) is 6.89. The average Bonchev–Trinajstić information content (AvgIpc) is 3.23. The van der Waals surface area contributed by atoms with E-state index in [2.05, 4.69) is 33.2 Å². The molecule has 0 unspecified atom stereocenters. The Balaban J connectivity index is 1.39. The first kappa shape index (κ1) is 21.8. The molecule has 1 saturated heterocycles. The molecular weight excluding hydrogens is 410 g/mol. The number of hydrogen-bond donors (Lipinski definition) is 0. The third-order valence-electron chi connectivity index (χ3n) is 5.97. The number of pyridine rings is 1. The molecule has 4 rings (SSSR count). The van der Waals surface area contributed by atoms with Crippen LogP contribution in [0, 0.1) is 6.92 Å². The van der Waals surface area contributed by atoms with E-state index in [0.717, 1.165) is 71.1 Å². The van der Waals surface area contributed by atoms with Crippen LogP contribution in [0.4, 0.5) is 0 Å². The normalized spacial score (nSPS) is 15.2. The number of aryl methyl sites for hydroxylation is 1. The van der Waals surface area contributed by atoms with Crippen molar-refractivity contribution in [3.63, 3.8) is 0 Å². The molecule has 0 saturated carbocycles. The first-order chi connectivity index (χ1) is 15.0. The van der Waals surface area contributed by atoms with Crippen molar-refractivity contribution >= 4 is 28.0 Å². The van der Waals surface area contributed by atoms with Crippen molar-refractivity contribution in [1.29, 1.82) is 0 Å². The van der Waals surface area contributed by atoms with Crippen LogP contribution in [0.1, 0.15) is 23.5 Å². The van der Waals surface area contributed by atoms with Crippen LogP contribution in [0.3, 0.4) is 0 Å². The highest BCUT2D eigenvalue weighted by molar-refractivity contribution is 7.14. The van der Waals surface area contributed by atoms with E-state index >= 15 is 0 Å². The molecule has 1 amide bonds. The number of nitrogens with zero attached hydrogens (tertiary/aromatic N) is 5. The summed E-state index contributed by atoms with van der Waals surface area (Å²) in [5.74, 6) is 0.153. The summed E-state index contributed by atoms with van der Waals surface area (Å²) in [4.78, 5) is 21.7. The second-order valence-electron chi connectivity index (χ2n) is 8.13. The van der Waals surface area contributed by atoms with Gasteiger partial charge in [0.25, 0.3) is 0 Å². The number of carbonyl (C=O) groups is 1. The van der Waals surface area contributed by atoms with Gasteiger partial charge in [-0.15, -0.1) is 10.2 Å². The topological polar surface area (TPSA) is 71.5 Å². The van der Waals surface area contributed by atoms with E-state index in [1.807, 2.05) is 36.2 Å². The van der Waals surface area contributed by atoms with Gasteiger partial charge in [0.1, 0.15) is 10.0 Å². The number of fused-ring (bicyclic) bond motifs is 1. The van der Waals surface area contributed by atoms with Crippen LogP contribution in [0.5, 0.6) is 0 Å². The number of rotatable bonds is 7. The molecule has 0 spiro atoms. The van der Waals surface area contributed by atoms with Gasteiger partial charge in [0.2, 0.25) is 5.91 Å². The number of likely N-dealkylation sites (N-methyl/N-ethyl adjacent to an activating group) is 1. The van der Waals surface area contributed by atoms with Crippen molar-refractivity contribution < 1.29 is 9.53 Å². The fourth-order valence-corrected chi connectivity index (χ4v) is 4.76. The Bertz CT molecular complexity index is 1050. The van der Waals surface area contributed by atoms with Gasteiger partial charge in [0.05, 0.1) is 18.7 Å². The van der Waals surface area contributed by atoms with Crippen LogP contribution in [-0.2, 0) is 16.0 Å². The van der Waals surface area contributed by atoms with Crippen LogP contribution in [0.2, 0.25) is 0 Å². The molecule has 0 atom stereocenters. The molecule has 1 aliphatic rings. The molecule has 3 heterocycles. The van der Waals surface area contributed by atoms with Crippen LogP contribution in [0.15, 0.2) is 30.5 Å². The maximum atomic E-state index is 12.9. The molecule has 7 nitrogen and oxygen atoms in total. The van der Waals surface area contributed by atoms with Gasteiger partial charge in [-0.2, -0.15) is 0 Å². The number of benzene rings is 1. The molecule has 1 aromatic carbocycles. The van der Waals surface area contributed by atoms with Crippen LogP contribution in [0.25, 0.3) is 21.3 Å². The highest BCUT2D eigenvalue weighted by atomic mass is 32.1. The minimum atomic E-state index is 0.153. The zero-order valence-electron chi connectivity index (χ0n) is 18.4. The highest BCUT2D eigenvalue weighted by Gasteiger charge is 2.25. The van der Waals surface area contributed by atoms with Crippen LogP contribution in [-0.4, -0.2) is 77.3 Å². The average molecular weight is 440 g/mol. The molecule has 164 valence electrons. The smallest absolute Gasteiger partial charge is 0.228 e. The van der Waals surface area contributed by atoms with Crippen LogP contribution < -0.4 is 0 Å². The zero-order valence-corrected chi connectivity index (χ0v) is 19.2. The van der Waals surface area contributed by atoms with Gasteiger partial charge in [0, 0.05) is 49.9 Å². The van der Waals surface area contributed by atoms with Gasteiger partial charge in [-0.25, -0.2) is 0 Å². The monoisotopic (exact) mass is 439 g/mol. The molecule has 0 aliphatic carbocycles. The third-order valence-corrected chi connectivity index (χ3v) is 6.86. The summed E-state index contributed by atoms with van der Waals surface area (Å²) in [7, 11) is 3.87. The van der Waals surface area contributed by atoms with Crippen LogP contribution >= 0.6 is 11.3 Å². The van der Waals surface area contributed by atoms with E-state index < -0.39 is 0 Å². The Hall–Kier alpha value is -2.42. The van der Waals surface area contributed by atoms with Gasteiger partial charge >= 0.3 is 0 Å². The Labute approximate surface area is 187 Å². The lowest BCUT2D eigenvalue weighted by Crippen LogP contribution is -2.46. The summed E-state index contributed by atoms with van der Waals surface area (Å²) >= 11 is 1.58. The van der Waals surface area contributed by atoms with Gasteiger partial charge < -0.3 is 14.5 Å². The highest BCUT2D eigenvalue weighted by Crippen LogP contribution is 2.27. The number of piperidine rings is 1. The minimum absolute atomic E-state index is 0.153. The van der Waals surface area contributed by atoms with Crippen molar-refractivity contribution in [3.8, 4) is 10.6 Å². The molecule has 1 aliphatic heterocycles. The maximum Gasteiger partial charge on any atom is 0.228 e. The van der Waals surface area contributed by atoms with E-state index in [1.165, 1.54) is 0 Å². The van der Waals surface area contributed by atoms with Gasteiger partial charge in [-0.3, -0.25) is 9.78 Å². The van der Waals surface area contributed by atoms with Crippen molar-refractivity contribution in [2.75, 3.05) is 40.4 Å². The van der Waals surface area contributed by atoms with Gasteiger partial charge in [-0.1, -0.05) is 23.5 Å². The summed E-state index contributed by atoms with van der Waals surface area (Å²) < 4.78 is 5.17. The second kappa shape index (κ2) is 9.80. The Morgan fingerprint density at radius 1 is 1.23 bits per heavy atom. The van der Waals surface area contributed by atoms with Crippen molar-refractivity contribution in [1.82, 2.24) is 25.0 Å². The van der Waals surface area contributed by atoms with E-state index in [9.17, 15) is 4.79 Å². The summed E-state index contributed by atoms with van der Waals surface area (Å²) in [5, 5.41) is 12.3. The number of aromatic nitrogens is 3. The SMILES string of the molecule is COCCN(C)C1CCN(C(=O)Cc2cc3cc(-c4nnc(C)s4)ccc3cn2)CC1. The first-order valence-corrected chi connectivity index (χ1v) is 11.5. The van der Waals surface area contributed by atoms with E-state index in [1.54, 1.807) is 18.4 Å². The molecule has 0 radical (unpaired) electrons.